The van der Waals surface area contributed by atoms with Crippen LogP contribution in [0.2, 0.25) is 0 Å². The van der Waals surface area contributed by atoms with Crippen LogP contribution < -0.4 is 0 Å². The molecule has 0 N–H and O–H groups in total. The Labute approximate surface area is 169 Å². The minimum absolute atomic E-state index is 0.0475. The molecule has 0 bridgehead atoms. The Bertz CT molecular complexity index is 740. The maximum atomic E-state index is 5.56. The highest BCUT2D eigenvalue weighted by atomic mass is 16.5. The first-order valence-electron chi connectivity index (χ1n) is 10.4. The molecule has 0 radical (unpaired) electrons. The van der Waals surface area contributed by atoms with E-state index in [0.29, 0.717) is 0 Å². The molecule has 2 aromatic rings. The highest BCUT2D eigenvalue weighted by Gasteiger charge is 2.33. The summed E-state index contributed by atoms with van der Waals surface area (Å²) in [5, 5.41) is 4.72. The SMILES string of the molecule is CC(C)(CCC(C)(C)n1nccc1CC(C)(C)N1CCOCC1)c1cnco1. The van der Waals surface area contributed by atoms with Crippen molar-refractivity contribution < 1.29 is 9.15 Å². The molecule has 3 rings (SSSR count). The van der Waals surface area contributed by atoms with E-state index in [-0.39, 0.29) is 16.5 Å². The molecule has 0 amide bonds. The van der Waals surface area contributed by atoms with Crippen LogP contribution in [0.4, 0.5) is 0 Å². The van der Waals surface area contributed by atoms with Gasteiger partial charge in [0, 0.05) is 42.4 Å². The number of oxazole rings is 1. The second kappa shape index (κ2) is 7.99. The van der Waals surface area contributed by atoms with Gasteiger partial charge in [0.05, 0.1) is 24.9 Å². The average Bonchev–Trinajstić information content (AvgIpc) is 3.33. The third kappa shape index (κ3) is 4.66. The molecule has 1 aliphatic rings. The largest absolute Gasteiger partial charge is 0.448 e. The predicted octanol–water partition coefficient (Wildman–Crippen LogP) is 4.02. The van der Waals surface area contributed by atoms with Crippen LogP contribution in [0.5, 0.6) is 0 Å². The summed E-state index contributed by atoms with van der Waals surface area (Å²) < 4.78 is 13.3. The van der Waals surface area contributed by atoms with E-state index in [2.05, 4.69) is 62.2 Å². The van der Waals surface area contributed by atoms with Gasteiger partial charge in [-0.15, -0.1) is 0 Å². The quantitative estimate of drug-likeness (QED) is 0.684. The number of rotatable bonds is 8. The molecule has 1 fully saturated rings. The summed E-state index contributed by atoms with van der Waals surface area (Å²) in [6.07, 6.45) is 8.27. The van der Waals surface area contributed by atoms with Crippen molar-refractivity contribution in [3.8, 4) is 0 Å². The number of hydrogen-bond acceptors (Lipinski definition) is 5. The number of morpholine rings is 1. The van der Waals surface area contributed by atoms with E-state index >= 15 is 0 Å². The van der Waals surface area contributed by atoms with Crippen LogP contribution in [0.25, 0.3) is 0 Å². The normalized spacial score (nSPS) is 17.2. The first-order valence-corrected chi connectivity index (χ1v) is 10.4. The van der Waals surface area contributed by atoms with E-state index in [1.165, 1.54) is 12.1 Å². The van der Waals surface area contributed by atoms with Crippen LogP contribution in [-0.4, -0.2) is 51.5 Å². The first kappa shape index (κ1) is 21.1. The van der Waals surface area contributed by atoms with Gasteiger partial charge >= 0.3 is 0 Å². The summed E-state index contributed by atoms with van der Waals surface area (Å²) in [5.41, 5.74) is 1.25. The minimum atomic E-state index is -0.0722. The Morgan fingerprint density at radius 3 is 2.36 bits per heavy atom. The standard InChI is InChI=1S/C22H36N4O2/c1-20(2,19-16-23-17-28-19)8-9-21(3,4)26-18(7-10-24-26)15-22(5,6)25-11-13-27-14-12-25/h7,10,16-17H,8-9,11-15H2,1-6H3. The molecule has 156 valence electrons. The Balaban J connectivity index is 1.70. The van der Waals surface area contributed by atoms with Crippen molar-refractivity contribution in [1.82, 2.24) is 19.7 Å². The fourth-order valence-corrected chi connectivity index (χ4v) is 4.13. The molecule has 6 nitrogen and oxygen atoms in total. The summed E-state index contributed by atoms with van der Waals surface area (Å²) in [6.45, 7) is 17.3. The lowest BCUT2D eigenvalue weighted by Crippen LogP contribution is -2.51. The zero-order valence-electron chi connectivity index (χ0n) is 18.4. The topological polar surface area (TPSA) is 56.3 Å². The van der Waals surface area contributed by atoms with Gasteiger partial charge in [-0.25, -0.2) is 4.98 Å². The van der Waals surface area contributed by atoms with Crippen molar-refractivity contribution in [2.24, 2.45) is 0 Å². The smallest absolute Gasteiger partial charge is 0.180 e. The van der Waals surface area contributed by atoms with E-state index in [9.17, 15) is 0 Å². The first-order chi connectivity index (χ1) is 13.1. The van der Waals surface area contributed by atoms with Crippen molar-refractivity contribution in [2.75, 3.05) is 26.3 Å². The van der Waals surface area contributed by atoms with Gasteiger partial charge in [0.25, 0.3) is 0 Å². The molecular formula is C22H36N4O2. The van der Waals surface area contributed by atoms with Crippen LogP contribution >= 0.6 is 0 Å². The molecule has 6 heteroatoms. The maximum Gasteiger partial charge on any atom is 0.180 e. The molecule has 0 aliphatic carbocycles. The summed E-state index contributed by atoms with van der Waals surface area (Å²) in [6, 6.07) is 2.17. The Kier molecular flexibility index (Phi) is 6.01. The number of ether oxygens (including phenoxy) is 1. The van der Waals surface area contributed by atoms with Gasteiger partial charge in [-0.1, -0.05) is 13.8 Å². The number of nitrogens with zero attached hydrogens (tertiary/aromatic N) is 4. The van der Waals surface area contributed by atoms with Crippen LogP contribution in [0.1, 0.15) is 65.8 Å². The predicted molar refractivity (Wildman–Crippen MR) is 110 cm³/mol. The van der Waals surface area contributed by atoms with Crippen LogP contribution in [0.3, 0.4) is 0 Å². The fraction of sp³-hybridized carbons (Fsp3) is 0.727. The van der Waals surface area contributed by atoms with Crippen molar-refractivity contribution in [1.29, 1.82) is 0 Å². The molecule has 0 spiro atoms. The lowest BCUT2D eigenvalue weighted by molar-refractivity contribution is -0.0108. The van der Waals surface area contributed by atoms with Gasteiger partial charge in [-0.3, -0.25) is 9.58 Å². The molecule has 0 aromatic carbocycles. The molecule has 1 saturated heterocycles. The van der Waals surface area contributed by atoms with Gasteiger partial charge in [0.15, 0.2) is 6.39 Å². The molecule has 3 heterocycles. The molecule has 1 aliphatic heterocycles. The Morgan fingerprint density at radius 2 is 1.71 bits per heavy atom. The lowest BCUT2D eigenvalue weighted by Gasteiger charge is -2.41. The van der Waals surface area contributed by atoms with Gasteiger partial charge in [-0.05, 0) is 46.6 Å². The van der Waals surface area contributed by atoms with Gasteiger partial charge < -0.3 is 9.15 Å². The number of hydrogen-bond donors (Lipinski definition) is 0. The van der Waals surface area contributed by atoms with E-state index in [1.807, 2.05) is 12.4 Å². The highest BCUT2D eigenvalue weighted by Crippen LogP contribution is 2.34. The summed E-state index contributed by atoms with van der Waals surface area (Å²) in [7, 11) is 0. The van der Waals surface area contributed by atoms with Gasteiger partial charge in [0.1, 0.15) is 5.76 Å². The third-order valence-corrected chi connectivity index (χ3v) is 6.24. The van der Waals surface area contributed by atoms with Crippen molar-refractivity contribution in [2.45, 2.75) is 77.3 Å². The Morgan fingerprint density at radius 1 is 1.00 bits per heavy atom. The molecule has 0 saturated carbocycles. The summed E-state index contributed by atoms with van der Waals surface area (Å²) >= 11 is 0. The van der Waals surface area contributed by atoms with Crippen LogP contribution in [0, 0.1) is 0 Å². The van der Waals surface area contributed by atoms with Crippen molar-refractivity contribution >= 4 is 0 Å². The van der Waals surface area contributed by atoms with Crippen LogP contribution in [-0.2, 0) is 22.1 Å². The van der Waals surface area contributed by atoms with E-state index in [1.54, 1.807) is 0 Å². The molecular weight excluding hydrogens is 352 g/mol. The minimum Gasteiger partial charge on any atom is -0.448 e. The molecule has 0 unspecified atom stereocenters. The van der Waals surface area contributed by atoms with E-state index < -0.39 is 0 Å². The molecule has 0 atom stereocenters. The monoisotopic (exact) mass is 388 g/mol. The number of aromatic nitrogens is 3. The zero-order chi connectivity index (χ0) is 20.4. The average molecular weight is 389 g/mol. The third-order valence-electron chi connectivity index (χ3n) is 6.24. The second-order valence-electron chi connectivity index (χ2n) is 9.88. The zero-order valence-corrected chi connectivity index (χ0v) is 18.4. The van der Waals surface area contributed by atoms with E-state index in [0.717, 1.165) is 51.3 Å². The summed E-state index contributed by atoms with van der Waals surface area (Å²) in [4.78, 5) is 6.62. The highest BCUT2D eigenvalue weighted by molar-refractivity contribution is 5.10. The summed E-state index contributed by atoms with van der Waals surface area (Å²) in [5.74, 6) is 0.942. The maximum absolute atomic E-state index is 5.56. The lowest BCUT2D eigenvalue weighted by atomic mass is 9.81. The van der Waals surface area contributed by atoms with Crippen molar-refractivity contribution in [3.05, 3.63) is 36.3 Å². The Hall–Kier alpha value is -1.66. The van der Waals surface area contributed by atoms with Crippen molar-refractivity contribution in [3.63, 3.8) is 0 Å². The van der Waals surface area contributed by atoms with E-state index in [4.69, 9.17) is 14.3 Å². The van der Waals surface area contributed by atoms with Crippen LogP contribution in [0.15, 0.2) is 29.3 Å². The van der Waals surface area contributed by atoms with Gasteiger partial charge in [0.2, 0.25) is 0 Å². The molecule has 2 aromatic heterocycles. The van der Waals surface area contributed by atoms with Gasteiger partial charge in [-0.2, -0.15) is 5.10 Å². The second-order valence-corrected chi connectivity index (χ2v) is 9.88. The fourth-order valence-electron chi connectivity index (χ4n) is 4.13. The molecule has 28 heavy (non-hydrogen) atoms.